The molecule has 0 fully saturated rings. The van der Waals surface area contributed by atoms with Gasteiger partial charge in [0.05, 0.1) is 12.5 Å². The Balaban J connectivity index is 1.87. The molecule has 0 radical (unpaired) electrons. The molecule has 0 aromatic heterocycles. The second-order valence-electron chi connectivity index (χ2n) is 8.69. The van der Waals surface area contributed by atoms with Crippen LogP contribution < -0.4 is 5.32 Å². The number of nitrogens with zero attached hydrogens (tertiary/aromatic N) is 1. The fraction of sp³-hybridized carbons (Fsp3) is 0.310. The van der Waals surface area contributed by atoms with Crippen LogP contribution in [-0.2, 0) is 27.3 Å². The third kappa shape index (κ3) is 8.34. The predicted molar refractivity (Wildman–Crippen MR) is 135 cm³/mol. The summed E-state index contributed by atoms with van der Waals surface area (Å²) in [6.45, 7) is 5.09. The van der Waals surface area contributed by atoms with Crippen molar-refractivity contribution in [1.29, 1.82) is 0 Å². The molecule has 2 amide bonds. The van der Waals surface area contributed by atoms with E-state index in [1.807, 2.05) is 74.5 Å². The summed E-state index contributed by atoms with van der Waals surface area (Å²) in [7, 11) is 0. The summed E-state index contributed by atoms with van der Waals surface area (Å²) in [6, 6.07) is 23.9. The molecular weight excluding hydrogens is 443 g/mol. The van der Waals surface area contributed by atoms with Crippen molar-refractivity contribution in [2.75, 3.05) is 13.2 Å². The quantitative estimate of drug-likeness (QED) is 0.371. The van der Waals surface area contributed by atoms with Gasteiger partial charge in [0.1, 0.15) is 11.9 Å². The maximum Gasteiger partial charge on any atom is 0.247 e. The molecule has 0 saturated heterocycles. The fourth-order valence-electron chi connectivity index (χ4n) is 3.79. The van der Waals surface area contributed by atoms with Crippen LogP contribution in [0.3, 0.4) is 0 Å². The smallest absolute Gasteiger partial charge is 0.247 e. The number of benzene rings is 3. The number of carbonyl (C=O) groups excluding carboxylic acids is 2. The van der Waals surface area contributed by atoms with Crippen molar-refractivity contribution in [2.24, 2.45) is 0 Å². The van der Waals surface area contributed by atoms with E-state index in [4.69, 9.17) is 4.74 Å². The van der Waals surface area contributed by atoms with Gasteiger partial charge < -0.3 is 15.0 Å². The average molecular weight is 477 g/mol. The highest BCUT2D eigenvalue weighted by Gasteiger charge is 2.31. The Morgan fingerprint density at radius 1 is 0.886 bits per heavy atom. The van der Waals surface area contributed by atoms with Crippen LogP contribution in [0.25, 0.3) is 0 Å². The zero-order valence-electron chi connectivity index (χ0n) is 20.3. The number of halogens is 1. The number of rotatable bonds is 12. The molecule has 6 heteroatoms. The van der Waals surface area contributed by atoms with Gasteiger partial charge >= 0.3 is 0 Å². The van der Waals surface area contributed by atoms with Crippen molar-refractivity contribution in [2.45, 2.75) is 45.4 Å². The van der Waals surface area contributed by atoms with Crippen LogP contribution in [0.2, 0.25) is 0 Å². The van der Waals surface area contributed by atoms with Gasteiger partial charge in [-0.15, -0.1) is 0 Å². The SMILES string of the molecule is CC(C)OCCCNC(=O)C(c1ccccc1)N(Cc1ccc(F)cc1)C(=O)Cc1ccccc1. The molecule has 5 nitrogen and oxygen atoms in total. The van der Waals surface area contributed by atoms with Crippen molar-refractivity contribution in [3.05, 3.63) is 107 Å². The zero-order valence-corrected chi connectivity index (χ0v) is 20.3. The molecule has 1 unspecified atom stereocenters. The van der Waals surface area contributed by atoms with Crippen molar-refractivity contribution >= 4 is 11.8 Å². The van der Waals surface area contributed by atoms with Gasteiger partial charge in [-0.3, -0.25) is 9.59 Å². The molecule has 3 aromatic carbocycles. The minimum Gasteiger partial charge on any atom is -0.379 e. The second kappa shape index (κ2) is 13.4. The number of amides is 2. The number of hydrogen-bond acceptors (Lipinski definition) is 3. The van der Waals surface area contributed by atoms with Gasteiger partial charge in [-0.2, -0.15) is 0 Å². The van der Waals surface area contributed by atoms with Gasteiger partial charge in [0.15, 0.2) is 0 Å². The van der Waals surface area contributed by atoms with E-state index in [9.17, 15) is 14.0 Å². The lowest BCUT2D eigenvalue weighted by Crippen LogP contribution is -2.44. The summed E-state index contributed by atoms with van der Waals surface area (Å²) in [5.74, 6) is -0.797. The number of ether oxygens (including phenoxy) is 1. The van der Waals surface area contributed by atoms with Crippen LogP contribution in [0.1, 0.15) is 43.0 Å². The first-order chi connectivity index (χ1) is 16.9. The van der Waals surface area contributed by atoms with Gasteiger partial charge in [-0.05, 0) is 49.1 Å². The molecule has 35 heavy (non-hydrogen) atoms. The number of nitrogens with one attached hydrogen (secondary N) is 1. The van der Waals surface area contributed by atoms with Crippen LogP contribution >= 0.6 is 0 Å². The lowest BCUT2D eigenvalue weighted by atomic mass is 10.0. The van der Waals surface area contributed by atoms with Crippen LogP contribution in [0, 0.1) is 5.82 Å². The van der Waals surface area contributed by atoms with E-state index in [-0.39, 0.29) is 36.7 Å². The molecule has 1 N–H and O–H groups in total. The van der Waals surface area contributed by atoms with E-state index in [1.165, 1.54) is 12.1 Å². The topological polar surface area (TPSA) is 58.6 Å². The Hall–Kier alpha value is -3.51. The van der Waals surface area contributed by atoms with Gasteiger partial charge in [0.2, 0.25) is 11.8 Å². The van der Waals surface area contributed by atoms with E-state index < -0.39 is 6.04 Å². The van der Waals surface area contributed by atoms with E-state index in [2.05, 4.69) is 5.32 Å². The minimum absolute atomic E-state index is 0.129. The molecule has 0 aliphatic heterocycles. The van der Waals surface area contributed by atoms with E-state index >= 15 is 0 Å². The Morgan fingerprint density at radius 3 is 2.14 bits per heavy atom. The lowest BCUT2D eigenvalue weighted by molar-refractivity contribution is -0.141. The van der Waals surface area contributed by atoms with Gasteiger partial charge in [0, 0.05) is 19.7 Å². The number of carbonyl (C=O) groups is 2. The monoisotopic (exact) mass is 476 g/mol. The highest BCUT2D eigenvalue weighted by Crippen LogP contribution is 2.25. The van der Waals surface area contributed by atoms with E-state index in [0.717, 1.165) is 11.1 Å². The van der Waals surface area contributed by atoms with E-state index in [0.29, 0.717) is 25.1 Å². The third-order valence-corrected chi connectivity index (χ3v) is 5.53. The molecular formula is C29H33FN2O3. The molecule has 184 valence electrons. The van der Waals surface area contributed by atoms with Gasteiger partial charge in [-0.1, -0.05) is 72.8 Å². The van der Waals surface area contributed by atoms with Crippen LogP contribution in [-0.4, -0.2) is 36.0 Å². The van der Waals surface area contributed by atoms with Crippen molar-refractivity contribution in [1.82, 2.24) is 10.2 Å². The third-order valence-electron chi connectivity index (χ3n) is 5.53. The van der Waals surface area contributed by atoms with Crippen LogP contribution in [0.4, 0.5) is 4.39 Å². The van der Waals surface area contributed by atoms with Gasteiger partial charge in [0.25, 0.3) is 0 Å². The molecule has 1 atom stereocenters. The van der Waals surface area contributed by atoms with Gasteiger partial charge in [-0.25, -0.2) is 4.39 Å². The minimum atomic E-state index is -0.830. The van der Waals surface area contributed by atoms with Crippen LogP contribution in [0.5, 0.6) is 0 Å². The fourth-order valence-corrected chi connectivity index (χ4v) is 3.79. The molecule has 0 saturated carbocycles. The maximum absolute atomic E-state index is 13.6. The first-order valence-corrected chi connectivity index (χ1v) is 12.0. The lowest BCUT2D eigenvalue weighted by Gasteiger charge is -2.32. The van der Waals surface area contributed by atoms with Crippen molar-refractivity contribution < 1.29 is 18.7 Å². The molecule has 0 heterocycles. The molecule has 0 aliphatic rings. The molecule has 0 aliphatic carbocycles. The first-order valence-electron chi connectivity index (χ1n) is 12.0. The summed E-state index contributed by atoms with van der Waals surface area (Å²) < 4.78 is 19.1. The summed E-state index contributed by atoms with van der Waals surface area (Å²) in [4.78, 5) is 28.7. The number of hydrogen-bond donors (Lipinski definition) is 1. The normalized spacial score (nSPS) is 11.8. The molecule has 0 spiro atoms. The van der Waals surface area contributed by atoms with Crippen molar-refractivity contribution in [3.8, 4) is 0 Å². The first kappa shape index (κ1) is 26.1. The highest BCUT2D eigenvalue weighted by atomic mass is 19.1. The summed E-state index contributed by atoms with van der Waals surface area (Å²) in [5.41, 5.74) is 2.32. The average Bonchev–Trinajstić information content (AvgIpc) is 2.85. The summed E-state index contributed by atoms with van der Waals surface area (Å²) in [6.07, 6.45) is 0.951. The summed E-state index contributed by atoms with van der Waals surface area (Å²) in [5, 5.41) is 2.98. The maximum atomic E-state index is 13.6. The standard InChI is InChI=1S/C29H33FN2O3/c1-22(2)35-19-9-18-31-29(34)28(25-12-7-4-8-13-25)32(21-24-14-16-26(30)17-15-24)27(33)20-23-10-5-3-6-11-23/h3-8,10-17,22,28H,9,18-21H2,1-2H3,(H,31,34). The zero-order chi connectivity index (χ0) is 25.0. The van der Waals surface area contributed by atoms with E-state index in [1.54, 1.807) is 17.0 Å². The largest absolute Gasteiger partial charge is 0.379 e. The Kier molecular flexibility index (Phi) is 9.99. The Morgan fingerprint density at radius 2 is 1.51 bits per heavy atom. The second-order valence-corrected chi connectivity index (χ2v) is 8.69. The van der Waals surface area contributed by atoms with Crippen molar-refractivity contribution in [3.63, 3.8) is 0 Å². The Labute approximate surface area is 206 Å². The highest BCUT2D eigenvalue weighted by molar-refractivity contribution is 5.89. The summed E-state index contributed by atoms with van der Waals surface area (Å²) >= 11 is 0. The van der Waals surface area contributed by atoms with Crippen LogP contribution in [0.15, 0.2) is 84.9 Å². The molecule has 3 aromatic rings. The predicted octanol–water partition coefficient (Wildman–Crippen LogP) is 5.07. The molecule has 0 bridgehead atoms. The Bertz CT molecular complexity index is 1060. The molecule has 3 rings (SSSR count).